The fourth-order valence-electron chi connectivity index (χ4n) is 3.75. The third-order valence-electron chi connectivity index (χ3n) is 5.09. The van der Waals surface area contributed by atoms with Crippen LogP contribution in [-0.4, -0.2) is 46.8 Å². The molecule has 3 heterocycles. The van der Waals surface area contributed by atoms with E-state index in [4.69, 9.17) is 15.2 Å². The van der Waals surface area contributed by atoms with E-state index >= 15 is 0 Å². The fourth-order valence-corrected chi connectivity index (χ4v) is 3.75. The largest absolute Gasteiger partial charge is 0.497 e. The lowest BCUT2D eigenvalue weighted by Gasteiger charge is -2.12. The third kappa shape index (κ3) is 3.16. The van der Waals surface area contributed by atoms with Gasteiger partial charge in [0, 0.05) is 24.3 Å². The van der Waals surface area contributed by atoms with Gasteiger partial charge < -0.3 is 25.1 Å². The SMILES string of the molecule is CCOC(=O)[C@@H]1CC(n2cc(-c3cccc(OC)c3)c3c(N)ncnc32)CN1. The molecule has 2 atom stereocenters. The van der Waals surface area contributed by atoms with E-state index in [2.05, 4.69) is 19.9 Å². The van der Waals surface area contributed by atoms with E-state index in [0.29, 0.717) is 25.4 Å². The Morgan fingerprint density at radius 1 is 1.39 bits per heavy atom. The van der Waals surface area contributed by atoms with Crippen LogP contribution in [0.5, 0.6) is 5.75 Å². The normalized spacial score (nSPS) is 19.1. The zero-order chi connectivity index (χ0) is 19.7. The van der Waals surface area contributed by atoms with Crippen LogP contribution in [0.15, 0.2) is 36.8 Å². The van der Waals surface area contributed by atoms with E-state index in [1.165, 1.54) is 6.33 Å². The van der Waals surface area contributed by atoms with Crippen LogP contribution in [0.1, 0.15) is 19.4 Å². The second-order valence-electron chi connectivity index (χ2n) is 6.74. The van der Waals surface area contributed by atoms with Gasteiger partial charge in [-0.05, 0) is 31.0 Å². The molecule has 146 valence electrons. The monoisotopic (exact) mass is 381 g/mol. The lowest BCUT2D eigenvalue weighted by molar-refractivity contribution is -0.145. The van der Waals surface area contributed by atoms with Gasteiger partial charge in [0.1, 0.15) is 29.6 Å². The van der Waals surface area contributed by atoms with Gasteiger partial charge in [0.05, 0.1) is 19.1 Å². The predicted octanol–water partition coefficient (Wildman–Crippen LogP) is 2.16. The quantitative estimate of drug-likeness (QED) is 0.653. The van der Waals surface area contributed by atoms with Crippen LogP contribution in [0.4, 0.5) is 5.82 Å². The van der Waals surface area contributed by atoms with Crippen molar-refractivity contribution in [2.75, 3.05) is 26.0 Å². The van der Waals surface area contributed by atoms with E-state index in [1.807, 2.05) is 37.4 Å². The number of aromatic nitrogens is 3. The number of hydrogen-bond acceptors (Lipinski definition) is 7. The molecule has 0 bridgehead atoms. The molecule has 4 rings (SSSR count). The van der Waals surface area contributed by atoms with Crippen molar-refractivity contribution in [2.45, 2.75) is 25.4 Å². The van der Waals surface area contributed by atoms with Crippen LogP contribution >= 0.6 is 0 Å². The van der Waals surface area contributed by atoms with Crippen molar-refractivity contribution < 1.29 is 14.3 Å². The Kier molecular flexibility index (Phi) is 4.87. The number of nitrogens with zero attached hydrogens (tertiary/aromatic N) is 3. The maximum atomic E-state index is 12.1. The number of nitrogen functional groups attached to an aromatic ring is 1. The molecule has 3 aromatic rings. The second kappa shape index (κ2) is 7.47. The summed E-state index contributed by atoms with van der Waals surface area (Å²) in [5, 5.41) is 4.05. The van der Waals surface area contributed by atoms with Crippen LogP contribution < -0.4 is 15.8 Å². The first-order valence-corrected chi connectivity index (χ1v) is 9.27. The van der Waals surface area contributed by atoms with E-state index in [1.54, 1.807) is 7.11 Å². The average molecular weight is 381 g/mol. The molecule has 1 aliphatic rings. The Morgan fingerprint density at radius 3 is 3.04 bits per heavy atom. The number of esters is 1. The van der Waals surface area contributed by atoms with Gasteiger partial charge >= 0.3 is 5.97 Å². The zero-order valence-corrected chi connectivity index (χ0v) is 15.9. The number of hydrogen-bond donors (Lipinski definition) is 2. The topological polar surface area (TPSA) is 104 Å². The van der Waals surface area contributed by atoms with Crippen molar-refractivity contribution in [1.82, 2.24) is 19.9 Å². The number of methoxy groups -OCH3 is 1. The molecule has 0 amide bonds. The summed E-state index contributed by atoms with van der Waals surface area (Å²) >= 11 is 0. The highest BCUT2D eigenvalue weighted by Crippen LogP contribution is 2.37. The first-order chi connectivity index (χ1) is 13.6. The first-order valence-electron chi connectivity index (χ1n) is 9.27. The fraction of sp³-hybridized carbons (Fsp3) is 0.350. The Bertz CT molecular complexity index is 1020. The van der Waals surface area contributed by atoms with Crippen molar-refractivity contribution in [1.29, 1.82) is 0 Å². The number of benzene rings is 1. The zero-order valence-electron chi connectivity index (χ0n) is 15.9. The molecule has 28 heavy (non-hydrogen) atoms. The Labute approximate surface area is 162 Å². The summed E-state index contributed by atoms with van der Waals surface area (Å²) in [6, 6.07) is 7.54. The van der Waals surface area contributed by atoms with Crippen LogP contribution in [0.3, 0.4) is 0 Å². The highest BCUT2D eigenvalue weighted by Gasteiger charge is 2.33. The van der Waals surface area contributed by atoms with Crippen LogP contribution in [0.2, 0.25) is 0 Å². The number of nitrogens with one attached hydrogen (secondary N) is 1. The van der Waals surface area contributed by atoms with Crippen molar-refractivity contribution in [3.8, 4) is 16.9 Å². The standard InChI is InChI=1S/C20H23N5O3/c1-3-28-20(26)16-8-13(9-22-16)25-10-15(12-5-4-6-14(7-12)27-2)17-18(21)23-11-24-19(17)25/h4-7,10-11,13,16,22H,3,8-9H2,1-2H3,(H2,21,23,24)/t13?,16-/m0/s1. The van der Waals surface area contributed by atoms with Gasteiger partial charge in [0.15, 0.2) is 0 Å². The van der Waals surface area contributed by atoms with Gasteiger partial charge in [-0.25, -0.2) is 9.97 Å². The van der Waals surface area contributed by atoms with Gasteiger partial charge in [-0.15, -0.1) is 0 Å². The number of carbonyl (C=O) groups excluding carboxylic acids is 1. The lowest BCUT2D eigenvalue weighted by Crippen LogP contribution is -2.32. The molecule has 2 aromatic heterocycles. The highest BCUT2D eigenvalue weighted by molar-refractivity contribution is 6.00. The number of fused-ring (bicyclic) bond motifs is 1. The summed E-state index contributed by atoms with van der Waals surface area (Å²) in [4.78, 5) is 20.7. The van der Waals surface area contributed by atoms with Gasteiger partial charge in [0.25, 0.3) is 0 Å². The maximum Gasteiger partial charge on any atom is 0.323 e. The van der Waals surface area contributed by atoms with Gasteiger partial charge in [-0.1, -0.05) is 12.1 Å². The number of carbonyl (C=O) groups is 1. The Morgan fingerprint density at radius 2 is 2.25 bits per heavy atom. The molecule has 1 unspecified atom stereocenters. The highest BCUT2D eigenvalue weighted by atomic mass is 16.5. The summed E-state index contributed by atoms with van der Waals surface area (Å²) in [6.45, 7) is 2.83. The van der Waals surface area contributed by atoms with Gasteiger partial charge in [-0.2, -0.15) is 0 Å². The summed E-state index contributed by atoms with van der Waals surface area (Å²) in [6.07, 6.45) is 4.13. The molecule has 0 saturated carbocycles. The third-order valence-corrected chi connectivity index (χ3v) is 5.09. The number of anilines is 1. The first kappa shape index (κ1) is 18.2. The summed E-state index contributed by atoms with van der Waals surface area (Å²) in [5.41, 5.74) is 8.86. The van der Waals surface area contributed by atoms with Gasteiger partial charge in [0.2, 0.25) is 0 Å². The molecule has 0 spiro atoms. The molecule has 3 N–H and O–H groups in total. The smallest absolute Gasteiger partial charge is 0.323 e. The van der Waals surface area contributed by atoms with Crippen LogP contribution in [0, 0.1) is 0 Å². The molecular weight excluding hydrogens is 358 g/mol. The Balaban J connectivity index is 1.76. The molecule has 1 aliphatic heterocycles. The molecule has 0 aliphatic carbocycles. The summed E-state index contributed by atoms with van der Waals surface area (Å²) < 4.78 is 12.6. The lowest BCUT2D eigenvalue weighted by atomic mass is 10.1. The number of rotatable bonds is 5. The molecule has 8 nitrogen and oxygen atoms in total. The molecule has 8 heteroatoms. The molecule has 1 saturated heterocycles. The summed E-state index contributed by atoms with van der Waals surface area (Å²) in [7, 11) is 1.64. The van der Waals surface area contributed by atoms with E-state index in [-0.39, 0.29) is 18.1 Å². The van der Waals surface area contributed by atoms with Crippen LogP contribution in [-0.2, 0) is 9.53 Å². The molecule has 1 aromatic carbocycles. The van der Waals surface area contributed by atoms with Crippen LogP contribution in [0.25, 0.3) is 22.2 Å². The van der Waals surface area contributed by atoms with Crippen molar-refractivity contribution >= 4 is 22.8 Å². The van der Waals surface area contributed by atoms with Crippen molar-refractivity contribution in [3.63, 3.8) is 0 Å². The van der Waals surface area contributed by atoms with E-state index in [9.17, 15) is 4.79 Å². The summed E-state index contributed by atoms with van der Waals surface area (Å²) in [5.74, 6) is 0.969. The predicted molar refractivity (Wildman–Crippen MR) is 106 cm³/mol. The minimum absolute atomic E-state index is 0.0607. The number of nitrogens with two attached hydrogens (primary N) is 1. The minimum atomic E-state index is -0.318. The molecule has 1 fully saturated rings. The molecule has 0 radical (unpaired) electrons. The van der Waals surface area contributed by atoms with Crippen molar-refractivity contribution in [3.05, 3.63) is 36.8 Å². The van der Waals surface area contributed by atoms with Crippen molar-refractivity contribution in [2.24, 2.45) is 0 Å². The second-order valence-corrected chi connectivity index (χ2v) is 6.74. The molecular formula is C20H23N5O3. The minimum Gasteiger partial charge on any atom is -0.497 e. The Hall–Kier alpha value is -3.13. The van der Waals surface area contributed by atoms with E-state index < -0.39 is 0 Å². The average Bonchev–Trinajstić information content (AvgIpc) is 3.34. The van der Waals surface area contributed by atoms with E-state index in [0.717, 1.165) is 27.9 Å². The number of ether oxygens (including phenoxy) is 2. The van der Waals surface area contributed by atoms with Gasteiger partial charge in [-0.3, -0.25) is 4.79 Å². The maximum absolute atomic E-state index is 12.1.